The first-order chi connectivity index (χ1) is 7.20. The van der Waals surface area contributed by atoms with E-state index in [-0.39, 0.29) is 12.1 Å². The van der Waals surface area contributed by atoms with Crippen molar-refractivity contribution in [2.24, 2.45) is 0 Å². The first-order valence-corrected chi connectivity index (χ1v) is 5.23. The molecule has 1 aliphatic rings. The van der Waals surface area contributed by atoms with Crippen molar-refractivity contribution in [1.82, 2.24) is 4.90 Å². The molecule has 0 saturated carbocycles. The molecule has 1 heterocycles. The van der Waals surface area contributed by atoms with Crippen LogP contribution < -0.4 is 0 Å². The number of likely N-dealkylation sites (tertiary alicyclic amines) is 1. The van der Waals surface area contributed by atoms with Crippen molar-refractivity contribution in [3.63, 3.8) is 0 Å². The second-order valence-electron chi connectivity index (χ2n) is 3.97. The van der Waals surface area contributed by atoms with Crippen LogP contribution in [0.1, 0.15) is 24.9 Å². The number of rotatable bonds is 3. The second-order valence-corrected chi connectivity index (χ2v) is 3.97. The summed E-state index contributed by atoms with van der Waals surface area (Å²) in [4.78, 5) is 12.9. The molecule has 1 aromatic carbocycles. The molecular formula is C12H15NO2. The van der Waals surface area contributed by atoms with E-state index in [9.17, 15) is 4.79 Å². The number of aliphatic carboxylic acids is 1. The Hall–Kier alpha value is -1.35. The molecule has 3 heteroatoms. The Morgan fingerprint density at radius 1 is 1.47 bits per heavy atom. The van der Waals surface area contributed by atoms with Gasteiger partial charge in [0.05, 0.1) is 0 Å². The summed E-state index contributed by atoms with van der Waals surface area (Å²) >= 11 is 0. The van der Waals surface area contributed by atoms with Crippen molar-refractivity contribution in [1.29, 1.82) is 0 Å². The van der Waals surface area contributed by atoms with Gasteiger partial charge in [-0.2, -0.15) is 0 Å². The molecular weight excluding hydrogens is 190 g/mol. The topological polar surface area (TPSA) is 40.5 Å². The van der Waals surface area contributed by atoms with Crippen LogP contribution in [0.2, 0.25) is 0 Å². The van der Waals surface area contributed by atoms with Gasteiger partial charge in [-0.3, -0.25) is 9.69 Å². The Balaban J connectivity index is 2.09. The number of carboxylic acids is 1. The average Bonchev–Trinajstić information content (AvgIpc) is 2.16. The van der Waals surface area contributed by atoms with Crippen LogP contribution in [0.3, 0.4) is 0 Å². The molecule has 1 aromatic rings. The molecule has 0 bridgehead atoms. The molecule has 2 rings (SSSR count). The van der Waals surface area contributed by atoms with Crippen molar-refractivity contribution < 1.29 is 9.90 Å². The zero-order chi connectivity index (χ0) is 10.8. The van der Waals surface area contributed by atoms with E-state index in [1.165, 1.54) is 5.56 Å². The standard InChI is InChI=1S/C12H15NO2/c1-9(10-5-3-2-4-6-10)13-8-7-11(13)12(14)15/h2-6,9,11H,7-8H2,1H3,(H,14,15)/t9-,11?/m1/s1. The van der Waals surface area contributed by atoms with Gasteiger partial charge < -0.3 is 5.11 Å². The summed E-state index contributed by atoms with van der Waals surface area (Å²) in [5.74, 6) is -0.705. The van der Waals surface area contributed by atoms with Crippen LogP contribution in [0.15, 0.2) is 30.3 Å². The van der Waals surface area contributed by atoms with Crippen LogP contribution in [0.25, 0.3) is 0 Å². The first-order valence-electron chi connectivity index (χ1n) is 5.23. The third-order valence-corrected chi connectivity index (χ3v) is 3.13. The zero-order valence-corrected chi connectivity index (χ0v) is 8.76. The maximum absolute atomic E-state index is 10.9. The zero-order valence-electron chi connectivity index (χ0n) is 8.76. The van der Waals surface area contributed by atoms with E-state index in [2.05, 4.69) is 6.92 Å². The van der Waals surface area contributed by atoms with Crippen molar-refractivity contribution in [2.75, 3.05) is 6.54 Å². The lowest BCUT2D eigenvalue weighted by molar-refractivity contribution is -0.150. The first kappa shape index (κ1) is 10.2. The molecule has 1 N–H and O–H groups in total. The summed E-state index contributed by atoms with van der Waals surface area (Å²) in [7, 11) is 0. The third-order valence-electron chi connectivity index (χ3n) is 3.13. The van der Waals surface area contributed by atoms with E-state index in [1.54, 1.807) is 0 Å². The van der Waals surface area contributed by atoms with E-state index >= 15 is 0 Å². The van der Waals surface area contributed by atoms with Crippen molar-refractivity contribution in [3.05, 3.63) is 35.9 Å². The van der Waals surface area contributed by atoms with Gasteiger partial charge in [0.25, 0.3) is 0 Å². The minimum absolute atomic E-state index is 0.195. The number of benzene rings is 1. The van der Waals surface area contributed by atoms with Crippen LogP contribution in [0.5, 0.6) is 0 Å². The molecule has 0 amide bonds. The van der Waals surface area contributed by atoms with E-state index < -0.39 is 5.97 Å². The Kier molecular flexibility index (Phi) is 2.73. The SMILES string of the molecule is C[C@H](c1ccccc1)N1CCC1C(=O)O. The number of carboxylic acid groups (broad SMARTS) is 1. The van der Waals surface area contributed by atoms with Gasteiger partial charge in [-0.1, -0.05) is 30.3 Å². The van der Waals surface area contributed by atoms with Gasteiger partial charge in [0.1, 0.15) is 6.04 Å². The highest BCUT2D eigenvalue weighted by Gasteiger charge is 2.37. The molecule has 1 unspecified atom stereocenters. The number of nitrogens with zero attached hydrogens (tertiary/aromatic N) is 1. The van der Waals surface area contributed by atoms with Gasteiger partial charge in [0, 0.05) is 12.6 Å². The smallest absolute Gasteiger partial charge is 0.320 e. The quantitative estimate of drug-likeness (QED) is 0.819. The maximum Gasteiger partial charge on any atom is 0.320 e. The molecule has 3 nitrogen and oxygen atoms in total. The van der Waals surface area contributed by atoms with Crippen molar-refractivity contribution >= 4 is 5.97 Å². The lowest BCUT2D eigenvalue weighted by Crippen LogP contribution is -2.53. The second kappa shape index (κ2) is 4.03. The van der Waals surface area contributed by atoms with E-state index in [0.717, 1.165) is 13.0 Å². The normalized spacial score (nSPS) is 23.1. The Bertz CT molecular complexity index is 350. The largest absolute Gasteiger partial charge is 0.480 e. The Morgan fingerprint density at radius 3 is 2.60 bits per heavy atom. The highest BCUT2D eigenvalue weighted by Crippen LogP contribution is 2.29. The molecule has 0 radical (unpaired) electrons. The average molecular weight is 205 g/mol. The van der Waals surface area contributed by atoms with Crippen LogP contribution >= 0.6 is 0 Å². The van der Waals surface area contributed by atoms with Gasteiger partial charge in [0.15, 0.2) is 0 Å². The predicted octanol–water partition coefficient (Wildman–Crippen LogP) is 1.91. The summed E-state index contributed by atoms with van der Waals surface area (Å²) in [6.45, 7) is 2.94. The summed E-state index contributed by atoms with van der Waals surface area (Å²) in [5, 5.41) is 8.96. The molecule has 1 fully saturated rings. The Labute approximate surface area is 89.3 Å². The summed E-state index contributed by atoms with van der Waals surface area (Å²) < 4.78 is 0. The van der Waals surface area contributed by atoms with Gasteiger partial charge in [-0.25, -0.2) is 0 Å². The predicted molar refractivity (Wildman–Crippen MR) is 57.6 cm³/mol. The third kappa shape index (κ3) is 1.88. The molecule has 0 aromatic heterocycles. The van der Waals surface area contributed by atoms with Crippen LogP contribution in [-0.4, -0.2) is 28.6 Å². The van der Waals surface area contributed by atoms with Crippen LogP contribution in [0.4, 0.5) is 0 Å². The minimum atomic E-state index is -0.705. The molecule has 1 aliphatic heterocycles. The summed E-state index contributed by atoms with van der Waals surface area (Å²) in [5.41, 5.74) is 1.18. The molecule has 80 valence electrons. The van der Waals surface area contributed by atoms with Gasteiger partial charge in [-0.05, 0) is 18.9 Å². The molecule has 2 atom stereocenters. The lowest BCUT2D eigenvalue weighted by Gasteiger charge is -2.42. The number of hydrogen-bond donors (Lipinski definition) is 1. The summed E-state index contributed by atoms with van der Waals surface area (Å²) in [6, 6.07) is 9.94. The summed E-state index contributed by atoms with van der Waals surface area (Å²) in [6.07, 6.45) is 0.770. The fraction of sp³-hybridized carbons (Fsp3) is 0.417. The molecule has 0 aliphatic carbocycles. The maximum atomic E-state index is 10.9. The highest BCUT2D eigenvalue weighted by molar-refractivity contribution is 5.74. The minimum Gasteiger partial charge on any atom is -0.480 e. The lowest BCUT2D eigenvalue weighted by atomic mass is 9.96. The fourth-order valence-electron chi connectivity index (χ4n) is 2.06. The van der Waals surface area contributed by atoms with E-state index in [0.29, 0.717) is 0 Å². The van der Waals surface area contributed by atoms with E-state index in [1.807, 2.05) is 35.2 Å². The van der Waals surface area contributed by atoms with Crippen LogP contribution in [0, 0.1) is 0 Å². The van der Waals surface area contributed by atoms with Crippen LogP contribution in [-0.2, 0) is 4.79 Å². The molecule has 0 spiro atoms. The van der Waals surface area contributed by atoms with Crippen molar-refractivity contribution in [2.45, 2.75) is 25.4 Å². The van der Waals surface area contributed by atoms with Gasteiger partial charge in [0.2, 0.25) is 0 Å². The molecule has 15 heavy (non-hydrogen) atoms. The number of hydrogen-bond acceptors (Lipinski definition) is 2. The fourth-order valence-corrected chi connectivity index (χ4v) is 2.06. The monoisotopic (exact) mass is 205 g/mol. The highest BCUT2D eigenvalue weighted by atomic mass is 16.4. The van der Waals surface area contributed by atoms with Crippen molar-refractivity contribution in [3.8, 4) is 0 Å². The Morgan fingerprint density at radius 2 is 2.13 bits per heavy atom. The van der Waals surface area contributed by atoms with Gasteiger partial charge in [-0.15, -0.1) is 0 Å². The number of carbonyl (C=O) groups is 1. The van der Waals surface area contributed by atoms with Gasteiger partial charge >= 0.3 is 5.97 Å². The molecule has 1 saturated heterocycles. The van der Waals surface area contributed by atoms with E-state index in [4.69, 9.17) is 5.11 Å².